The largest absolute Gasteiger partial charge is 0.378 e. The maximum Gasteiger partial charge on any atom is 0.274 e. The Kier molecular flexibility index (Phi) is 6.78. The summed E-state index contributed by atoms with van der Waals surface area (Å²) in [6.45, 7) is 6.15. The first-order chi connectivity index (χ1) is 16.6. The molecule has 1 aromatic carbocycles. The van der Waals surface area contributed by atoms with E-state index in [4.69, 9.17) is 14.4 Å². The quantitative estimate of drug-likeness (QED) is 0.535. The molecule has 1 aliphatic heterocycles. The molecule has 0 saturated carbocycles. The number of rotatable bonds is 7. The normalized spacial score (nSPS) is 18.3. The molecular formula is C26H33N5O3. The summed E-state index contributed by atoms with van der Waals surface area (Å²) in [6, 6.07) is 12.4. The SMILES string of the molecule is CCCn1nc(C(=O)N2CCOCC2)c2c1CCC(N(C)Cc1cc(-c3ccccc3)on1)C2. The average molecular weight is 464 g/mol. The minimum atomic E-state index is 0.0433. The fourth-order valence-corrected chi connectivity index (χ4v) is 5.04. The number of amides is 1. The van der Waals surface area contributed by atoms with Crippen LogP contribution in [-0.4, -0.2) is 70.0 Å². The van der Waals surface area contributed by atoms with E-state index in [2.05, 4.69) is 28.7 Å². The topological polar surface area (TPSA) is 76.6 Å². The Hall–Kier alpha value is -2.97. The summed E-state index contributed by atoms with van der Waals surface area (Å²) in [5.74, 6) is 0.830. The van der Waals surface area contributed by atoms with Crippen LogP contribution in [0.3, 0.4) is 0 Å². The number of fused-ring (bicyclic) bond motifs is 1. The first kappa shape index (κ1) is 22.8. The average Bonchev–Trinajstić information content (AvgIpc) is 3.49. The van der Waals surface area contributed by atoms with Crippen LogP contribution in [0.2, 0.25) is 0 Å². The highest BCUT2D eigenvalue weighted by Gasteiger charge is 2.33. The molecule has 1 amide bonds. The molecule has 0 spiro atoms. The number of hydrogen-bond donors (Lipinski definition) is 0. The van der Waals surface area contributed by atoms with Crippen LogP contribution >= 0.6 is 0 Å². The Balaban J connectivity index is 1.32. The summed E-state index contributed by atoms with van der Waals surface area (Å²) in [5.41, 5.74) is 4.93. The molecule has 2 aliphatic rings. The van der Waals surface area contributed by atoms with Crippen LogP contribution in [0.4, 0.5) is 0 Å². The Morgan fingerprint density at radius 2 is 2.00 bits per heavy atom. The molecular weight excluding hydrogens is 430 g/mol. The number of aromatic nitrogens is 3. The molecule has 1 fully saturated rings. The van der Waals surface area contributed by atoms with Gasteiger partial charge >= 0.3 is 0 Å². The molecule has 1 unspecified atom stereocenters. The van der Waals surface area contributed by atoms with Crippen LogP contribution in [0.15, 0.2) is 40.9 Å². The molecule has 0 bridgehead atoms. The van der Waals surface area contributed by atoms with Crippen molar-refractivity contribution >= 4 is 5.91 Å². The van der Waals surface area contributed by atoms with Crippen molar-refractivity contribution in [1.82, 2.24) is 24.7 Å². The Labute approximate surface area is 200 Å². The summed E-state index contributed by atoms with van der Waals surface area (Å²) in [5, 5.41) is 9.11. The number of likely N-dealkylation sites (N-methyl/N-ethyl adjacent to an activating group) is 1. The molecule has 1 aliphatic carbocycles. The van der Waals surface area contributed by atoms with Gasteiger partial charge in [0.2, 0.25) is 0 Å². The highest BCUT2D eigenvalue weighted by molar-refractivity contribution is 5.94. The minimum Gasteiger partial charge on any atom is -0.378 e. The van der Waals surface area contributed by atoms with Crippen LogP contribution in [0, 0.1) is 0 Å². The van der Waals surface area contributed by atoms with Crippen LogP contribution in [-0.2, 0) is 30.7 Å². The van der Waals surface area contributed by atoms with E-state index in [1.54, 1.807) is 0 Å². The molecule has 1 atom stereocenters. The van der Waals surface area contributed by atoms with Crippen LogP contribution in [0.5, 0.6) is 0 Å². The van der Waals surface area contributed by atoms with Crippen molar-refractivity contribution in [3.8, 4) is 11.3 Å². The molecule has 0 N–H and O–H groups in total. The van der Waals surface area contributed by atoms with Gasteiger partial charge in [-0.1, -0.05) is 42.4 Å². The third-order valence-electron chi connectivity index (χ3n) is 6.91. The molecule has 8 nitrogen and oxygen atoms in total. The van der Waals surface area contributed by atoms with E-state index < -0.39 is 0 Å². The van der Waals surface area contributed by atoms with E-state index in [1.807, 2.05) is 41.3 Å². The van der Waals surface area contributed by atoms with E-state index in [0.717, 1.165) is 54.8 Å². The van der Waals surface area contributed by atoms with Gasteiger partial charge in [0.25, 0.3) is 5.91 Å². The second-order valence-electron chi connectivity index (χ2n) is 9.26. The van der Waals surface area contributed by atoms with Gasteiger partial charge < -0.3 is 14.2 Å². The Bertz CT molecular complexity index is 1120. The summed E-state index contributed by atoms with van der Waals surface area (Å²) < 4.78 is 13.1. The molecule has 0 radical (unpaired) electrons. The lowest BCUT2D eigenvalue weighted by atomic mass is 9.90. The van der Waals surface area contributed by atoms with Crippen molar-refractivity contribution in [2.24, 2.45) is 0 Å². The summed E-state index contributed by atoms with van der Waals surface area (Å²) in [7, 11) is 2.13. The van der Waals surface area contributed by atoms with Crippen LogP contribution in [0.25, 0.3) is 11.3 Å². The van der Waals surface area contributed by atoms with E-state index >= 15 is 0 Å². The van der Waals surface area contributed by atoms with E-state index in [-0.39, 0.29) is 5.91 Å². The molecule has 8 heteroatoms. The van der Waals surface area contributed by atoms with Crippen molar-refractivity contribution in [3.63, 3.8) is 0 Å². The van der Waals surface area contributed by atoms with Gasteiger partial charge in [0, 0.05) is 55.1 Å². The number of carbonyl (C=O) groups excluding carboxylic acids is 1. The number of aryl methyl sites for hydroxylation is 1. The predicted octanol–water partition coefficient (Wildman–Crippen LogP) is 3.41. The predicted molar refractivity (Wildman–Crippen MR) is 128 cm³/mol. The Morgan fingerprint density at radius 1 is 1.21 bits per heavy atom. The summed E-state index contributed by atoms with van der Waals surface area (Å²) in [4.78, 5) is 17.6. The first-order valence-electron chi connectivity index (χ1n) is 12.3. The van der Waals surface area contributed by atoms with Crippen molar-refractivity contribution < 1.29 is 14.1 Å². The smallest absolute Gasteiger partial charge is 0.274 e. The highest BCUT2D eigenvalue weighted by Crippen LogP contribution is 2.29. The molecule has 5 rings (SSSR count). The first-order valence-corrected chi connectivity index (χ1v) is 12.3. The lowest BCUT2D eigenvalue weighted by Gasteiger charge is -2.31. The Morgan fingerprint density at radius 3 is 2.76 bits per heavy atom. The third kappa shape index (κ3) is 4.65. The molecule has 1 saturated heterocycles. The number of hydrogen-bond acceptors (Lipinski definition) is 6. The van der Waals surface area contributed by atoms with Crippen molar-refractivity contribution in [2.45, 2.75) is 51.7 Å². The zero-order valence-electron chi connectivity index (χ0n) is 20.1. The second-order valence-corrected chi connectivity index (χ2v) is 9.26. The molecule has 2 aromatic heterocycles. The fraction of sp³-hybridized carbons (Fsp3) is 0.500. The molecule has 34 heavy (non-hydrogen) atoms. The van der Waals surface area contributed by atoms with Gasteiger partial charge in [-0.15, -0.1) is 0 Å². The number of morpholine rings is 1. The number of ether oxygens (including phenoxy) is 1. The summed E-state index contributed by atoms with van der Waals surface area (Å²) >= 11 is 0. The third-order valence-corrected chi connectivity index (χ3v) is 6.91. The lowest BCUT2D eigenvalue weighted by molar-refractivity contribution is 0.0297. The minimum absolute atomic E-state index is 0.0433. The highest BCUT2D eigenvalue weighted by atomic mass is 16.5. The van der Waals surface area contributed by atoms with Crippen molar-refractivity contribution in [1.29, 1.82) is 0 Å². The fourth-order valence-electron chi connectivity index (χ4n) is 5.04. The van der Waals surface area contributed by atoms with Gasteiger partial charge in [-0.3, -0.25) is 14.4 Å². The molecule has 3 aromatic rings. The number of nitrogens with zero attached hydrogens (tertiary/aromatic N) is 5. The molecule has 3 heterocycles. The molecule has 180 valence electrons. The zero-order valence-corrected chi connectivity index (χ0v) is 20.1. The van der Waals surface area contributed by atoms with Gasteiger partial charge in [0.1, 0.15) is 0 Å². The van der Waals surface area contributed by atoms with Crippen LogP contribution in [0.1, 0.15) is 47.2 Å². The van der Waals surface area contributed by atoms with Gasteiger partial charge in [-0.05, 0) is 32.7 Å². The summed E-state index contributed by atoms with van der Waals surface area (Å²) in [6.07, 6.45) is 3.79. The lowest BCUT2D eigenvalue weighted by Crippen LogP contribution is -2.42. The standard InChI is InChI=1S/C26H33N5O3/c1-3-11-31-23-10-9-21(17-22(23)25(27-31)26(32)30-12-14-33-15-13-30)29(2)18-20-16-24(34-28-20)19-7-5-4-6-8-19/h4-8,16,21H,3,9-15,17-18H2,1-2H3. The van der Waals surface area contributed by atoms with E-state index in [0.29, 0.717) is 44.6 Å². The van der Waals surface area contributed by atoms with E-state index in [9.17, 15) is 4.79 Å². The number of carbonyl (C=O) groups is 1. The monoisotopic (exact) mass is 463 g/mol. The van der Waals surface area contributed by atoms with Gasteiger partial charge in [-0.25, -0.2) is 0 Å². The van der Waals surface area contributed by atoms with Gasteiger partial charge in [0.05, 0.1) is 18.9 Å². The number of benzene rings is 1. The zero-order chi connectivity index (χ0) is 23.5. The second kappa shape index (κ2) is 10.1. The van der Waals surface area contributed by atoms with E-state index in [1.165, 1.54) is 5.69 Å². The van der Waals surface area contributed by atoms with Gasteiger partial charge in [0.15, 0.2) is 11.5 Å². The van der Waals surface area contributed by atoms with Crippen molar-refractivity contribution in [2.75, 3.05) is 33.4 Å². The maximum atomic E-state index is 13.4. The maximum absolute atomic E-state index is 13.4. The van der Waals surface area contributed by atoms with Gasteiger partial charge in [-0.2, -0.15) is 5.10 Å². The van der Waals surface area contributed by atoms with Crippen LogP contribution < -0.4 is 0 Å². The van der Waals surface area contributed by atoms with Crippen molar-refractivity contribution in [3.05, 3.63) is 59.0 Å².